The molecule has 1 aromatic heterocycles. The summed E-state index contributed by atoms with van der Waals surface area (Å²) in [6.45, 7) is 0. The Morgan fingerprint density at radius 3 is 2.68 bits per heavy atom. The third-order valence-corrected chi connectivity index (χ3v) is 3.60. The van der Waals surface area contributed by atoms with Gasteiger partial charge in [-0.05, 0) is 46.4 Å². The van der Waals surface area contributed by atoms with Crippen LogP contribution in [0.4, 0.5) is 4.39 Å². The van der Waals surface area contributed by atoms with E-state index in [0.29, 0.717) is 14.7 Å². The Balaban J connectivity index is 2.44. The van der Waals surface area contributed by atoms with Gasteiger partial charge >= 0.3 is 5.97 Å². The van der Waals surface area contributed by atoms with Gasteiger partial charge in [0.25, 0.3) is 0 Å². The van der Waals surface area contributed by atoms with Crippen molar-refractivity contribution < 1.29 is 13.9 Å². The molecule has 0 radical (unpaired) electrons. The highest BCUT2D eigenvalue weighted by molar-refractivity contribution is 14.1. The molecule has 1 heterocycles. The first-order valence-corrected chi connectivity index (χ1v) is 6.68. The molecule has 0 aliphatic rings. The second-order valence-corrected chi connectivity index (χ2v) is 5.24. The largest absolute Gasteiger partial charge is 0.464 e. The number of carbonyl (C=O) groups is 1. The van der Waals surface area contributed by atoms with Gasteiger partial charge in [-0.3, -0.25) is 0 Å². The zero-order valence-electron chi connectivity index (χ0n) is 9.78. The zero-order chi connectivity index (χ0) is 14.0. The highest BCUT2D eigenvalue weighted by atomic mass is 127. The van der Waals surface area contributed by atoms with Crippen molar-refractivity contribution in [2.24, 2.45) is 0 Å². The molecule has 6 heteroatoms. The van der Waals surface area contributed by atoms with E-state index in [1.165, 1.54) is 25.4 Å². The number of methoxy groups -OCH3 is 1. The van der Waals surface area contributed by atoms with Gasteiger partial charge in [0, 0.05) is 15.3 Å². The molecule has 98 valence electrons. The lowest BCUT2D eigenvalue weighted by Crippen LogP contribution is -2.06. The molecular weight excluding hydrogens is 384 g/mol. The number of pyridine rings is 1. The van der Waals surface area contributed by atoms with E-state index in [2.05, 4.69) is 9.72 Å². The van der Waals surface area contributed by atoms with Crippen molar-refractivity contribution in [2.75, 3.05) is 7.11 Å². The predicted molar refractivity (Wildman–Crippen MR) is 78.7 cm³/mol. The maximum atomic E-state index is 13.4. The fraction of sp³-hybridized carbons (Fsp3) is 0.0769. The van der Waals surface area contributed by atoms with Crippen LogP contribution in [0, 0.1) is 9.39 Å². The Bertz CT molecular complexity index is 649. The average molecular weight is 392 g/mol. The van der Waals surface area contributed by atoms with Gasteiger partial charge in [-0.15, -0.1) is 0 Å². The highest BCUT2D eigenvalue weighted by Crippen LogP contribution is 2.25. The quantitative estimate of drug-likeness (QED) is 0.575. The Kier molecular flexibility index (Phi) is 4.36. The number of hydrogen-bond acceptors (Lipinski definition) is 3. The molecule has 0 N–H and O–H groups in total. The Hall–Kier alpha value is -1.21. The third-order valence-electron chi connectivity index (χ3n) is 2.47. The van der Waals surface area contributed by atoms with Crippen LogP contribution >= 0.6 is 34.2 Å². The van der Waals surface area contributed by atoms with Gasteiger partial charge in [0.1, 0.15) is 5.82 Å². The molecule has 3 nitrogen and oxygen atoms in total. The van der Waals surface area contributed by atoms with Crippen molar-refractivity contribution in [1.29, 1.82) is 0 Å². The summed E-state index contributed by atoms with van der Waals surface area (Å²) < 4.78 is 18.6. The molecular formula is C13H8ClFINO2. The maximum absolute atomic E-state index is 13.4. The maximum Gasteiger partial charge on any atom is 0.357 e. The normalized spacial score (nSPS) is 10.3. The van der Waals surface area contributed by atoms with Crippen molar-refractivity contribution in [3.05, 3.63) is 50.6 Å². The van der Waals surface area contributed by atoms with E-state index >= 15 is 0 Å². The second-order valence-electron chi connectivity index (χ2n) is 3.67. The van der Waals surface area contributed by atoms with Gasteiger partial charge in [0.2, 0.25) is 0 Å². The fourth-order valence-electron chi connectivity index (χ4n) is 1.52. The molecule has 0 saturated heterocycles. The summed E-state index contributed by atoms with van der Waals surface area (Å²) in [6, 6.07) is 6.24. The Morgan fingerprint density at radius 2 is 2.11 bits per heavy atom. The third kappa shape index (κ3) is 3.03. The van der Waals surface area contributed by atoms with Crippen LogP contribution in [0.15, 0.2) is 30.5 Å². The predicted octanol–water partition coefficient (Wildman–Crippen LogP) is 3.93. The van der Waals surface area contributed by atoms with Gasteiger partial charge in [-0.1, -0.05) is 17.7 Å². The summed E-state index contributed by atoms with van der Waals surface area (Å²) in [7, 11) is 1.29. The lowest BCUT2D eigenvalue weighted by molar-refractivity contribution is 0.0593. The number of rotatable bonds is 2. The van der Waals surface area contributed by atoms with Crippen molar-refractivity contribution >= 4 is 40.2 Å². The minimum atomic E-state index is -0.502. The van der Waals surface area contributed by atoms with E-state index in [9.17, 15) is 9.18 Å². The van der Waals surface area contributed by atoms with Crippen molar-refractivity contribution in [3.8, 4) is 11.1 Å². The molecule has 19 heavy (non-hydrogen) atoms. The highest BCUT2D eigenvalue weighted by Gasteiger charge is 2.13. The van der Waals surface area contributed by atoms with E-state index in [1.807, 2.05) is 22.6 Å². The SMILES string of the molecule is COC(=O)c1ncc(-c2ccc(Cl)c(F)c2)cc1I. The summed E-state index contributed by atoms with van der Waals surface area (Å²) >= 11 is 7.62. The lowest BCUT2D eigenvalue weighted by atomic mass is 10.1. The van der Waals surface area contributed by atoms with Gasteiger partial charge in [-0.2, -0.15) is 0 Å². The summed E-state index contributed by atoms with van der Waals surface area (Å²) in [5.74, 6) is -0.996. The van der Waals surface area contributed by atoms with E-state index in [-0.39, 0.29) is 10.7 Å². The molecule has 0 aliphatic carbocycles. The van der Waals surface area contributed by atoms with Crippen LogP contribution in [0.5, 0.6) is 0 Å². The average Bonchev–Trinajstić information content (AvgIpc) is 2.41. The van der Waals surface area contributed by atoms with Crippen LogP contribution in [0.1, 0.15) is 10.5 Å². The number of benzene rings is 1. The molecule has 0 unspecified atom stereocenters. The van der Waals surface area contributed by atoms with Crippen LogP contribution in [-0.4, -0.2) is 18.1 Å². The molecule has 2 rings (SSSR count). The van der Waals surface area contributed by atoms with E-state index < -0.39 is 11.8 Å². The van der Waals surface area contributed by atoms with Crippen molar-refractivity contribution in [1.82, 2.24) is 4.98 Å². The minimum Gasteiger partial charge on any atom is -0.464 e. The van der Waals surface area contributed by atoms with Gasteiger partial charge in [0.05, 0.1) is 12.1 Å². The Labute approximate surface area is 127 Å². The molecule has 0 amide bonds. The number of esters is 1. The minimum absolute atomic E-state index is 0.0672. The van der Waals surface area contributed by atoms with Gasteiger partial charge in [0.15, 0.2) is 5.69 Å². The number of nitrogens with zero attached hydrogens (tertiary/aromatic N) is 1. The van der Waals surface area contributed by atoms with E-state index in [4.69, 9.17) is 11.6 Å². The van der Waals surface area contributed by atoms with Crippen LogP contribution in [-0.2, 0) is 4.74 Å². The summed E-state index contributed by atoms with van der Waals surface area (Å²) in [5, 5.41) is 0.0672. The molecule has 0 aliphatic heterocycles. The molecule has 0 fully saturated rings. The summed E-state index contributed by atoms with van der Waals surface area (Å²) in [6.07, 6.45) is 1.50. The van der Waals surface area contributed by atoms with Crippen LogP contribution in [0.25, 0.3) is 11.1 Å². The Morgan fingerprint density at radius 1 is 1.37 bits per heavy atom. The van der Waals surface area contributed by atoms with Gasteiger partial charge in [-0.25, -0.2) is 14.2 Å². The number of ether oxygens (including phenoxy) is 1. The number of hydrogen-bond donors (Lipinski definition) is 0. The first-order valence-electron chi connectivity index (χ1n) is 5.22. The van der Waals surface area contributed by atoms with Crippen molar-refractivity contribution in [3.63, 3.8) is 0 Å². The molecule has 2 aromatic rings. The zero-order valence-corrected chi connectivity index (χ0v) is 12.7. The summed E-state index contributed by atoms with van der Waals surface area (Å²) in [5.41, 5.74) is 1.58. The monoisotopic (exact) mass is 391 g/mol. The number of halogens is 3. The van der Waals surface area contributed by atoms with Gasteiger partial charge < -0.3 is 4.74 Å². The molecule has 0 bridgehead atoms. The standard InChI is InChI=1S/C13H8ClFINO2/c1-19-13(18)12-11(16)5-8(6-17-12)7-2-3-9(14)10(15)4-7/h2-6H,1H3. The molecule has 0 saturated carbocycles. The van der Waals surface area contributed by atoms with E-state index in [0.717, 1.165) is 0 Å². The topological polar surface area (TPSA) is 39.2 Å². The van der Waals surface area contributed by atoms with Crippen LogP contribution < -0.4 is 0 Å². The summed E-state index contributed by atoms with van der Waals surface area (Å²) in [4.78, 5) is 15.5. The number of carbonyl (C=O) groups excluding carboxylic acids is 1. The van der Waals surface area contributed by atoms with Crippen molar-refractivity contribution in [2.45, 2.75) is 0 Å². The molecule has 1 aromatic carbocycles. The smallest absolute Gasteiger partial charge is 0.357 e. The van der Waals surface area contributed by atoms with E-state index in [1.54, 1.807) is 12.1 Å². The van der Waals surface area contributed by atoms with Crippen LogP contribution in [0.3, 0.4) is 0 Å². The molecule has 0 spiro atoms. The molecule has 0 atom stereocenters. The lowest BCUT2D eigenvalue weighted by Gasteiger charge is -2.06. The van der Waals surface area contributed by atoms with Crippen LogP contribution in [0.2, 0.25) is 5.02 Å². The second kappa shape index (κ2) is 5.83. The fourth-order valence-corrected chi connectivity index (χ4v) is 2.33. The number of aromatic nitrogens is 1. The first kappa shape index (κ1) is 14.2. The first-order chi connectivity index (χ1) is 9.02.